The molecule has 6 rings (SSSR count). The molecule has 2 fully saturated rings. The average molecular weight is 505 g/mol. The average Bonchev–Trinajstić information content (AvgIpc) is 3.20. The summed E-state index contributed by atoms with van der Waals surface area (Å²) in [4.78, 5) is 31.2. The quantitative estimate of drug-likeness (QED) is 0.599. The number of nitrogens with zero attached hydrogens (tertiary/aromatic N) is 2. The molecule has 0 bridgehead atoms. The van der Waals surface area contributed by atoms with Crippen molar-refractivity contribution in [2.24, 2.45) is 0 Å². The van der Waals surface area contributed by atoms with Crippen LogP contribution >= 0.6 is 0 Å². The summed E-state index contributed by atoms with van der Waals surface area (Å²) >= 11 is 0. The number of carbonyl (C=O) groups is 2. The Hall–Kier alpha value is -3.23. The number of ether oxygens (including phenoxy) is 2. The largest absolute Gasteiger partial charge is 0.489 e. The van der Waals surface area contributed by atoms with E-state index in [2.05, 4.69) is 22.0 Å². The van der Waals surface area contributed by atoms with Crippen LogP contribution in [0.25, 0.3) is 0 Å². The zero-order chi connectivity index (χ0) is 25.4. The van der Waals surface area contributed by atoms with Gasteiger partial charge in [0.2, 0.25) is 0 Å². The fourth-order valence-corrected chi connectivity index (χ4v) is 6.08. The minimum atomic E-state index is -0.492. The van der Waals surface area contributed by atoms with Crippen LogP contribution in [0.1, 0.15) is 60.0 Å². The molecule has 0 aromatic heterocycles. The molecule has 0 spiro atoms. The number of amides is 2. The lowest BCUT2D eigenvalue weighted by atomic mass is 9.89. The summed E-state index contributed by atoms with van der Waals surface area (Å²) in [5, 5.41) is 10.2. The van der Waals surface area contributed by atoms with E-state index in [0.717, 1.165) is 43.7 Å². The van der Waals surface area contributed by atoms with Gasteiger partial charge in [-0.3, -0.25) is 9.69 Å². The molecular weight excluding hydrogens is 470 g/mol. The Morgan fingerprint density at radius 1 is 1.00 bits per heavy atom. The predicted molar refractivity (Wildman–Crippen MR) is 136 cm³/mol. The number of carbonyl (C=O) groups excluding carboxylic acids is 2. The summed E-state index contributed by atoms with van der Waals surface area (Å²) in [7, 11) is 0. The number of aliphatic hydroxyl groups is 1. The Morgan fingerprint density at radius 2 is 1.81 bits per heavy atom. The molecule has 8 heteroatoms. The van der Waals surface area contributed by atoms with Crippen LogP contribution in [0, 0.1) is 0 Å². The van der Waals surface area contributed by atoms with E-state index in [-0.39, 0.29) is 29.9 Å². The third-order valence-electron chi connectivity index (χ3n) is 8.14. The molecule has 3 heterocycles. The molecule has 2 aromatic rings. The Labute approximate surface area is 216 Å². The number of hydrogen-bond acceptors (Lipinski definition) is 5. The van der Waals surface area contributed by atoms with E-state index in [9.17, 15) is 14.7 Å². The second kappa shape index (κ2) is 10.3. The summed E-state index contributed by atoms with van der Waals surface area (Å²) in [5.74, 6) is 0.311. The van der Waals surface area contributed by atoms with Crippen molar-refractivity contribution in [1.29, 1.82) is 0 Å². The SMILES string of the molecule is O=C1CCC(N2Cc3cc(O[C@@H]4CCCC[C@H]4N4CC(OCc5ccccc5)C4)ccc3C2=O)C(O)=[NH+]1. The van der Waals surface area contributed by atoms with E-state index in [1.165, 1.54) is 12.0 Å². The molecule has 8 nitrogen and oxygen atoms in total. The Bertz CT molecular complexity index is 1190. The van der Waals surface area contributed by atoms with Gasteiger partial charge < -0.3 is 19.5 Å². The minimum Gasteiger partial charge on any atom is -0.489 e. The van der Waals surface area contributed by atoms with E-state index in [1.807, 2.05) is 36.4 Å². The maximum Gasteiger partial charge on any atom is 0.388 e. The Kier molecular flexibility index (Phi) is 6.69. The van der Waals surface area contributed by atoms with E-state index in [4.69, 9.17) is 9.47 Å². The van der Waals surface area contributed by atoms with Gasteiger partial charge in [-0.05, 0) is 55.0 Å². The molecule has 194 valence electrons. The lowest BCUT2D eigenvalue weighted by molar-refractivity contribution is -0.394. The van der Waals surface area contributed by atoms with Gasteiger partial charge in [0.15, 0.2) is 6.04 Å². The highest BCUT2D eigenvalue weighted by Gasteiger charge is 2.42. The molecule has 3 atom stereocenters. The maximum atomic E-state index is 13.0. The molecular formula is C29H34N3O5+. The first-order valence-corrected chi connectivity index (χ1v) is 13.4. The van der Waals surface area contributed by atoms with Crippen molar-refractivity contribution >= 4 is 17.7 Å². The normalized spacial score (nSPS) is 26.5. The maximum absolute atomic E-state index is 13.0. The van der Waals surface area contributed by atoms with Gasteiger partial charge in [0, 0.05) is 31.2 Å². The van der Waals surface area contributed by atoms with Gasteiger partial charge in [0.05, 0.1) is 19.1 Å². The number of rotatable bonds is 7. The number of nitrogens with one attached hydrogen (secondary N) is 1. The van der Waals surface area contributed by atoms with Gasteiger partial charge in [-0.1, -0.05) is 36.8 Å². The zero-order valence-electron chi connectivity index (χ0n) is 21.0. The number of hydrogen-bond donors (Lipinski definition) is 2. The highest BCUT2D eigenvalue weighted by atomic mass is 16.5. The first-order valence-electron chi connectivity index (χ1n) is 13.4. The van der Waals surface area contributed by atoms with E-state index >= 15 is 0 Å². The monoisotopic (exact) mass is 504 g/mol. The summed E-state index contributed by atoms with van der Waals surface area (Å²) in [6.07, 6.45) is 5.60. The van der Waals surface area contributed by atoms with Crippen LogP contribution in [-0.4, -0.2) is 70.0 Å². The van der Waals surface area contributed by atoms with Crippen molar-refractivity contribution in [1.82, 2.24) is 9.80 Å². The summed E-state index contributed by atoms with van der Waals surface area (Å²) in [6.45, 7) is 2.92. The van der Waals surface area contributed by atoms with Crippen molar-refractivity contribution in [3.63, 3.8) is 0 Å². The zero-order valence-corrected chi connectivity index (χ0v) is 21.0. The van der Waals surface area contributed by atoms with Crippen LogP contribution < -0.4 is 9.73 Å². The van der Waals surface area contributed by atoms with Crippen LogP contribution in [0.2, 0.25) is 0 Å². The predicted octanol–water partition coefficient (Wildman–Crippen LogP) is 1.96. The van der Waals surface area contributed by atoms with Crippen molar-refractivity contribution in [3.8, 4) is 5.75 Å². The standard InChI is InChI=1S/C29H33N3O5/c33-27-13-12-25(28(34)30-27)32-15-20-14-21(10-11-23(20)29(32)35)37-26-9-5-4-8-24(26)31-16-22(17-31)36-18-19-6-2-1-3-7-19/h1-3,6-7,10-11,14,22,24-26H,4-5,8-9,12-13,15-18H2,(H,30,33,34)/p+1/t24-,25?,26-/m1/s1. The van der Waals surface area contributed by atoms with Gasteiger partial charge in [-0.15, -0.1) is 4.99 Å². The molecule has 1 unspecified atom stereocenters. The molecule has 0 radical (unpaired) electrons. The summed E-state index contributed by atoms with van der Waals surface area (Å²) < 4.78 is 12.7. The summed E-state index contributed by atoms with van der Waals surface area (Å²) in [6, 6.07) is 15.9. The number of benzene rings is 2. The molecule has 1 saturated carbocycles. The lowest BCUT2D eigenvalue weighted by Crippen LogP contribution is -2.82. The number of likely N-dealkylation sites (tertiary alicyclic amines) is 1. The molecule has 2 aromatic carbocycles. The first kappa shape index (κ1) is 24.1. The number of fused-ring (bicyclic) bond motifs is 1. The molecule has 2 N–H and O–H groups in total. The third-order valence-corrected chi connectivity index (χ3v) is 8.14. The van der Waals surface area contributed by atoms with Crippen molar-refractivity contribution < 1.29 is 29.2 Å². The van der Waals surface area contributed by atoms with E-state index < -0.39 is 6.04 Å². The minimum absolute atomic E-state index is 0.112. The fourth-order valence-electron chi connectivity index (χ4n) is 6.08. The topological polar surface area (TPSA) is 93.3 Å². The highest BCUT2D eigenvalue weighted by molar-refractivity contribution is 6.01. The molecule has 3 aliphatic heterocycles. The third kappa shape index (κ3) is 5.00. The molecule has 1 saturated heterocycles. The van der Waals surface area contributed by atoms with Gasteiger partial charge in [-0.2, -0.15) is 0 Å². The molecule has 2 amide bonds. The van der Waals surface area contributed by atoms with E-state index in [0.29, 0.717) is 37.6 Å². The second-order valence-electron chi connectivity index (χ2n) is 10.6. The molecule has 4 aliphatic rings. The molecule has 1 aliphatic carbocycles. The van der Waals surface area contributed by atoms with Gasteiger partial charge in [-0.25, -0.2) is 4.79 Å². The van der Waals surface area contributed by atoms with Crippen molar-refractivity contribution in [2.45, 2.75) is 76.0 Å². The number of aliphatic hydroxyl groups excluding tert-OH is 1. The summed E-state index contributed by atoms with van der Waals surface area (Å²) in [5.41, 5.74) is 2.74. The van der Waals surface area contributed by atoms with Crippen molar-refractivity contribution in [2.75, 3.05) is 13.1 Å². The van der Waals surface area contributed by atoms with Gasteiger partial charge in [0.1, 0.15) is 11.9 Å². The van der Waals surface area contributed by atoms with Crippen LogP contribution in [-0.2, 0) is 22.7 Å². The smallest absolute Gasteiger partial charge is 0.388 e. The van der Waals surface area contributed by atoms with Crippen LogP contribution in [0.3, 0.4) is 0 Å². The van der Waals surface area contributed by atoms with E-state index in [1.54, 1.807) is 4.90 Å². The Balaban J connectivity index is 1.07. The van der Waals surface area contributed by atoms with Gasteiger partial charge >= 0.3 is 11.8 Å². The first-order chi connectivity index (χ1) is 18.0. The second-order valence-corrected chi connectivity index (χ2v) is 10.6. The van der Waals surface area contributed by atoms with Crippen LogP contribution in [0.15, 0.2) is 48.5 Å². The van der Waals surface area contributed by atoms with Crippen molar-refractivity contribution in [3.05, 3.63) is 65.2 Å². The lowest BCUT2D eigenvalue weighted by Gasteiger charge is -2.48. The van der Waals surface area contributed by atoms with Crippen LogP contribution in [0.4, 0.5) is 0 Å². The fraction of sp³-hybridized carbons (Fsp3) is 0.483. The van der Waals surface area contributed by atoms with Gasteiger partial charge in [0.25, 0.3) is 5.91 Å². The Morgan fingerprint density at radius 3 is 2.62 bits per heavy atom. The molecule has 37 heavy (non-hydrogen) atoms. The van der Waals surface area contributed by atoms with Crippen LogP contribution in [0.5, 0.6) is 5.75 Å². The highest BCUT2D eigenvalue weighted by Crippen LogP contribution is 2.34.